The van der Waals surface area contributed by atoms with E-state index in [9.17, 15) is 4.79 Å². The molecule has 0 aliphatic heterocycles. The minimum absolute atomic E-state index is 0. The number of halogens is 1. The summed E-state index contributed by atoms with van der Waals surface area (Å²) in [7, 11) is 1.85. The number of carbonyl (C=O) groups excluding carboxylic acids is 1. The van der Waals surface area contributed by atoms with Crippen molar-refractivity contribution in [3.63, 3.8) is 0 Å². The van der Waals surface area contributed by atoms with E-state index in [0.717, 1.165) is 23.4 Å². The highest BCUT2D eigenvalue weighted by Gasteiger charge is 2.04. The Morgan fingerprint density at radius 1 is 1.28 bits per heavy atom. The Bertz CT molecular complexity index is 383. The minimum Gasteiger partial charge on any atom is -0.483 e. The number of hydrogen-bond acceptors (Lipinski definition) is 3. The van der Waals surface area contributed by atoms with Crippen LogP contribution in [0.2, 0.25) is 0 Å². The molecule has 0 saturated carbocycles. The lowest BCUT2D eigenvalue weighted by Gasteiger charge is -2.10. The Morgan fingerprint density at radius 2 is 2.00 bits per heavy atom. The highest BCUT2D eigenvalue weighted by atomic mass is 35.5. The minimum atomic E-state index is -0.0962. The van der Waals surface area contributed by atoms with Crippen LogP contribution in [-0.2, 0) is 4.79 Å². The van der Waals surface area contributed by atoms with E-state index in [2.05, 4.69) is 10.6 Å². The molecule has 18 heavy (non-hydrogen) atoms. The molecule has 102 valence electrons. The van der Waals surface area contributed by atoms with Crippen molar-refractivity contribution >= 4 is 18.3 Å². The highest BCUT2D eigenvalue weighted by Crippen LogP contribution is 2.18. The Hall–Kier alpha value is -1.26. The van der Waals surface area contributed by atoms with Gasteiger partial charge in [0.05, 0.1) is 0 Å². The fourth-order valence-corrected chi connectivity index (χ4v) is 1.38. The van der Waals surface area contributed by atoms with E-state index < -0.39 is 0 Å². The topological polar surface area (TPSA) is 50.4 Å². The molecule has 0 radical (unpaired) electrons. The van der Waals surface area contributed by atoms with Crippen LogP contribution in [0.25, 0.3) is 0 Å². The number of aryl methyl sites for hydroxylation is 2. The second-order valence-corrected chi connectivity index (χ2v) is 4.01. The summed E-state index contributed by atoms with van der Waals surface area (Å²) in [6.07, 6.45) is 0. The molecule has 1 amide bonds. The van der Waals surface area contributed by atoms with Crippen LogP contribution in [0, 0.1) is 13.8 Å². The van der Waals surface area contributed by atoms with Crippen LogP contribution in [0.5, 0.6) is 5.75 Å². The van der Waals surface area contributed by atoms with Crippen LogP contribution in [0.4, 0.5) is 0 Å². The molecular formula is C13H21ClN2O2. The summed E-state index contributed by atoms with van der Waals surface area (Å²) in [6.45, 7) is 5.40. The van der Waals surface area contributed by atoms with Gasteiger partial charge in [-0.05, 0) is 38.1 Å². The van der Waals surface area contributed by atoms with Crippen LogP contribution in [0.3, 0.4) is 0 Å². The van der Waals surface area contributed by atoms with Gasteiger partial charge in [0, 0.05) is 13.1 Å². The van der Waals surface area contributed by atoms with Crippen molar-refractivity contribution in [1.29, 1.82) is 0 Å². The standard InChI is InChI=1S/C13H20N2O2.ClH/c1-10-4-5-11(2)12(8-10)17-9-13(16)15-7-6-14-3;/h4-5,8,14H,6-7,9H2,1-3H3,(H,15,16);1H. The van der Waals surface area contributed by atoms with Gasteiger partial charge in [-0.2, -0.15) is 0 Å². The first-order valence-electron chi connectivity index (χ1n) is 5.75. The van der Waals surface area contributed by atoms with Crippen LogP contribution < -0.4 is 15.4 Å². The van der Waals surface area contributed by atoms with Crippen LogP contribution in [0.15, 0.2) is 18.2 Å². The van der Waals surface area contributed by atoms with E-state index in [1.54, 1.807) is 0 Å². The van der Waals surface area contributed by atoms with Crippen molar-refractivity contribution < 1.29 is 9.53 Å². The first kappa shape index (κ1) is 16.7. The van der Waals surface area contributed by atoms with Crippen molar-refractivity contribution in [3.05, 3.63) is 29.3 Å². The Balaban J connectivity index is 0.00000289. The summed E-state index contributed by atoms with van der Waals surface area (Å²) in [5.74, 6) is 0.676. The van der Waals surface area contributed by atoms with Crippen LogP contribution in [-0.4, -0.2) is 32.7 Å². The predicted octanol–water partition coefficient (Wildman–Crippen LogP) is 1.44. The number of nitrogens with one attached hydrogen (secondary N) is 2. The fourth-order valence-electron chi connectivity index (χ4n) is 1.38. The summed E-state index contributed by atoms with van der Waals surface area (Å²) in [5, 5.41) is 5.72. The van der Waals surface area contributed by atoms with Gasteiger partial charge >= 0.3 is 0 Å². The zero-order valence-electron chi connectivity index (χ0n) is 11.1. The lowest BCUT2D eigenvalue weighted by atomic mass is 10.1. The molecule has 0 aromatic heterocycles. The molecule has 1 aromatic rings. The molecular weight excluding hydrogens is 252 g/mol. The van der Waals surface area contributed by atoms with E-state index in [1.165, 1.54) is 0 Å². The summed E-state index contributed by atoms with van der Waals surface area (Å²) < 4.78 is 5.48. The molecule has 0 heterocycles. The SMILES string of the molecule is CNCCNC(=O)COc1cc(C)ccc1C.Cl. The van der Waals surface area contributed by atoms with E-state index >= 15 is 0 Å². The molecule has 0 aliphatic rings. The van der Waals surface area contributed by atoms with Crippen molar-refractivity contribution in [2.24, 2.45) is 0 Å². The van der Waals surface area contributed by atoms with Crippen molar-refractivity contribution in [1.82, 2.24) is 10.6 Å². The molecule has 0 spiro atoms. The first-order chi connectivity index (χ1) is 8.13. The van der Waals surface area contributed by atoms with Crippen molar-refractivity contribution in [2.45, 2.75) is 13.8 Å². The monoisotopic (exact) mass is 272 g/mol. The molecule has 2 N–H and O–H groups in total. The molecule has 0 saturated heterocycles. The lowest BCUT2D eigenvalue weighted by molar-refractivity contribution is -0.123. The average molecular weight is 273 g/mol. The molecule has 1 aromatic carbocycles. The van der Waals surface area contributed by atoms with Gasteiger partial charge in [0.15, 0.2) is 6.61 Å². The van der Waals surface area contributed by atoms with Gasteiger partial charge in [-0.1, -0.05) is 12.1 Å². The second-order valence-electron chi connectivity index (χ2n) is 4.01. The van der Waals surface area contributed by atoms with E-state index in [-0.39, 0.29) is 24.9 Å². The van der Waals surface area contributed by atoms with Gasteiger partial charge in [-0.25, -0.2) is 0 Å². The Labute approximate surface area is 115 Å². The summed E-state index contributed by atoms with van der Waals surface area (Å²) in [5.41, 5.74) is 2.17. The van der Waals surface area contributed by atoms with Crippen LogP contribution >= 0.6 is 12.4 Å². The number of ether oxygens (including phenoxy) is 1. The quantitative estimate of drug-likeness (QED) is 0.771. The maximum absolute atomic E-state index is 11.4. The van der Waals surface area contributed by atoms with E-state index in [0.29, 0.717) is 6.54 Å². The van der Waals surface area contributed by atoms with Crippen LogP contribution in [0.1, 0.15) is 11.1 Å². The third kappa shape index (κ3) is 5.89. The molecule has 0 fully saturated rings. The number of benzene rings is 1. The highest BCUT2D eigenvalue weighted by molar-refractivity contribution is 5.85. The number of amides is 1. The maximum Gasteiger partial charge on any atom is 0.257 e. The second kappa shape index (κ2) is 8.78. The number of rotatable bonds is 6. The number of likely N-dealkylation sites (N-methyl/N-ethyl adjacent to an activating group) is 1. The molecule has 4 nitrogen and oxygen atoms in total. The predicted molar refractivity (Wildman–Crippen MR) is 75.6 cm³/mol. The average Bonchev–Trinajstić information content (AvgIpc) is 2.31. The summed E-state index contributed by atoms with van der Waals surface area (Å²) in [6, 6.07) is 5.95. The summed E-state index contributed by atoms with van der Waals surface area (Å²) in [4.78, 5) is 11.4. The normalized spacial score (nSPS) is 9.50. The first-order valence-corrected chi connectivity index (χ1v) is 5.75. The number of carbonyl (C=O) groups is 1. The third-order valence-electron chi connectivity index (χ3n) is 2.40. The lowest BCUT2D eigenvalue weighted by Crippen LogP contribution is -2.33. The van der Waals surface area contributed by atoms with Gasteiger partial charge in [0.2, 0.25) is 0 Å². The zero-order valence-corrected chi connectivity index (χ0v) is 11.9. The van der Waals surface area contributed by atoms with Gasteiger partial charge in [0.1, 0.15) is 5.75 Å². The Kier molecular flexibility index (Phi) is 8.16. The van der Waals surface area contributed by atoms with E-state index in [1.807, 2.05) is 39.1 Å². The molecule has 0 atom stereocenters. The smallest absolute Gasteiger partial charge is 0.257 e. The maximum atomic E-state index is 11.4. The molecule has 5 heteroatoms. The fraction of sp³-hybridized carbons (Fsp3) is 0.462. The molecule has 0 unspecified atom stereocenters. The largest absolute Gasteiger partial charge is 0.483 e. The van der Waals surface area contributed by atoms with Crippen molar-refractivity contribution in [3.8, 4) is 5.75 Å². The van der Waals surface area contributed by atoms with E-state index in [4.69, 9.17) is 4.74 Å². The summed E-state index contributed by atoms with van der Waals surface area (Å²) >= 11 is 0. The molecule has 0 bridgehead atoms. The molecule has 1 rings (SSSR count). The third-order valence-corrected chi connectivity index (χ3v) is 2.40. The zero-order chi connectivity index (χ0) is 12.7. The van der Waals surface area contributed by atoms with Crippen molar-refractivity contribution in [2.75, 3.05) is 26.7 Å². The Morgan fingerprint density at radius 3 is 2.67 bits per heavy atom. The number of hydrogen-bond donors (Lipinski definition) is 2. The van der Waals surface area contributed by atoms with Gasteiger partial charge in [0.25, 0.3) is 5.91 Å². The van der Waals surface area contributed by atoms with Gasteiger partial charge < -0.3 is 15.4 Å². The van der Waals surface area contributed by atoms with Gasteiger partial charge in [-0.3, -0.25) is 4.79 Å². The van der Waals surface area contributed by atoms with Gasteiger partial charge in [-0.15, -0.1) is 12.4 Å². The molecule has 0 aliphatic carbocycles.